The van der Waals surface area contributed by atoms with E-state index >= 15 is 0 Å². The molecule has 1 aliphatic heterocycles. The largest absolute Gasteiger partial charge is 0.376 e. The number of hydrogen-bond acceptors (Lipinski definition) is 3. The summed E-state index contributed by atoms with van der Waals surface area (Å²) < 4.78 is 8.07. The molecule has 0 N–H and O–H groups in total. The molecule has 1 amide bonds. The van der Waals surface area contributed by atoms with Gasteiger partial charge in [0, 0.05) is 11.5 Å². The number of hydrogen-bond donors (Lipinski definition) is 0. The monoisotopic (exact) mass is 193 g/mol. The zero-order valence-electron chi connectivity index (χ0n) is 5.32. The average Bonchev–Trinajstić information content (AvgIpc) is 2.35. The maximum Gasteiger partial charge on any atom is 0.333 e. The number of nitrogens with zero attached hydrogens (tertiary/aromatic N) is 1. The van der Waals surface area contributed by atoms with Crippen LogP contribution >= 0.6 is 11.6 Å². The zero-order valence-corrected chi connectivity index (χ0v) is 6.89. The molecule has 1 atom stereocenters. The lowest BCUT2D eigenvalue weighted by Gasteiger charge is -1.96. The fourth-order valence-electron chi connectivity index (χ4n) is 0.430. The van der Waals surface area contributed by atoms with Crippen LogP contribution in [0.4, 0.5) is 0 Å². The molecule has 60 valence electrons. The molecule has 0 aromatic carbocycles. The lowest BCUT2D eigenvalue weighted by molar-refractivity contribution is -0.130. The molecule has 0 spiro atoms. The minimum Gasteiger partial charge on any atom is -0.376 e. The Hall–Kier alpha value is -0.680. The van der Waals surface area contributed by atoms with Crippen LogP contribution < -0.4 is 0 Å². The smallest absolute Gasteiger partial charge is 0.333 e. The third kappa shape index (κ3) is 2.44. The van der Waals surface area contributed by atoms with Crippen molar-refractivity contribution in [2.75, 3.05) is 5.88 Å². The highest BCUT2D eigenvalue weighted by molar-refractivity contribution is 7.86. The van der Waals surface area contributed by atoms with Crippen molar-refractivity contribution >= 4 is 34.4 Å². The maximum absolute atomic E-state index is 10.5. The van der Waals surface area contributed by atoms with Gasteiger partial charge in [0.25, 0.3) is 5.91 Å². The normalized spacial score (nSPS) is 21.5. The zero-order chi connectivity index (χ0) is 8.27. The number of amides is 1. The van der Waals surface area contributed by atoms with E-state index in [1.165, 1.54) is 11.5 Å². The van der Waals surface area contributed by atoms with Gasteiger partial charge in [-0.15, -0.1) is 16.0 Å². The second-order valence-corrected chi connectivity index (χ2v) is 3.04. The lowest BCUT2D eigenvalue weighted by Crippen LogP contribution is -2.05. The van der Waals surface area contributed by atoms with Crippen LogP contribution in [0.25, 0.3) is 0 Å². The van der Waals surface area contributed by atoms with E-state index in [0.717, 1.165) is 0 Å². The van der Waals surface area contributed by atoms with E-state index in [0.29, 0.717) is 0 Å². The molecule has 0 bridgehead atoms. The van der Waals surface area contributed by atoms with E-state index in [1.54, 1.807) is 0 Å². The summed E-state index contributed by atoms with van der Waals surface area (Å²) in [5.74, 6) is -1.17. The number of alkyl halides is 1. The molecule has 6 heteroatoms. The first-order chi connectivity index (χ1) is 5.22. The molecule has 4 nitrogen and oxygen atoms in total. The lowest BCUT2D eigenvalue weighted by atomic mass is 10.6. The maximum atomic E-state index is 10.5. The predicted molar refractivity (Wildman–Crippen MR) is 40.8 cm³/mol. The van der Waals surface area contributed by atoms with Crippen molar-refractivity contribution < 1.29 is 13.8 Å². The third-order valence-corrected chi connectivity index (χ3v) is 2.10. The first-order valence-corrected chi connectivity index (χ1v) is 4.37. The first-order valence-electron chi connectivity index (χ1n) is 2.66. The summed E-state index contributed by atoms with van der Waals surface area (Å²) in [6.45, 7) is 0. The number of carbonyl (C=O) groups excluding carboxylic acids is 2. The van der Waals surface area contributed by atoms with E-state index in [4.69, 9.17) is 11.6 Å². The van der Waals surface area contributed by atoms with E-state index in [9.17, 15) is 9.59 Å². The molecule has 1 heterocycles. The van der Waals surface area contributed by atoms with Crippen LogP contribution in [0.15, 0.2) is 15.8 Å². The Labute approximate surface area is 70.5 Å². The number of rotatable bonds is 2. The standard InChI is InChI=1S/C5H4ClNO3S/c6-3-5(9)10-11-2-1-4(8)7-11/h1-2H,3H2. The van der Waals surface area contributed by atoms with Gasteiger partial charge >= 0.3 is 5.97 Å². The van der Waals surface area contributed by atoms with Crippen LogP contribution in [-0.2, 0) is 24.7 Å². The Morgan fingerprint density at radius 3 is 3.00 bits per heavy atom. The van der Waals surface area contributed by atoms with Crippen molar-refractivity contribution in [1.29, 1.82) is 0 Å². The van der Waals surface area contributed by atoms with Crippen molar-refractivity contribution in [3.8, 4) is 0 Å². The van der Waals surface area contributed by atoms with Gasteiger partial charge in [-0.3, -0.25) is 4.79 Å². The summed E-state index contributed by atoms with van der Waals surface area (Å²) in [5.41, 5.74) is 0. The van der Waals surface area contributed by atoms with Crippen molar-refractivity contribution in [1.82, 2.24) is 0 Å². The topological polar surface area (TPSA) is 55.7 Å². The van der Waals surface area contributed by atoms with Gasteiger partial charge in [-0.05, 0) is 0 Å². The van der Waals surface area contributed by atoms with Gasteiger partial charge in [0.15, 0.2) is 0 Å². The summed E-state index contributed by atoms with van der Waals surface area (Å²) in [6.07, 6.45) is 1.25. The van der Waals surface area contributed by atoms with Gasteiger partial charge < -0.3 is 4.18 Å². The molecule has 0 saturated heterocycles. The van der Waals surface area contributed by atoms with Crippen LogP contribution in [0.2, 0.25) is 0 Å². The molecule has 1 rings (SSSR count). The summed E-state index contributed by atoms with van der Waals surface area (Å²) in [7, 11) is -1.03. The summed E-state index contributed by atoms with van der Waals surface area (Å²) in [4.78, 5) is 21.0. The van der Waals surface area contributed by atoms with Gasteiger partial charge in [0.05, 0.1) is 0 Å². The van der Waals surface area contributed by atoms with E-state index in [-0.39, 0.29) is 11.8 Å². The van der Waals surface area contributed by atoms with Crippen LogP contribution in [0, 0.1) is 0 Å². The highest BCUT2D eigenvalue weighted by Crippen LogP contribution is 2.04. The molecule has 0 saturated carbocycles. The van der Waals surface area contributed by atoms with Crippen molar-refractivity contribution in [2.45, 2.75) is 0 Å². The van der Waals surface area contributed by atoms with E-state index in [1.807, 2.05) is 0 Å². The molecular weight excluding hydrogens is 190 g/mol. The molecule has 0 radical (unpaired) electrons. The Bertz CT molecular complexity index is 260. The van der Waals surface area contributed by atoms with Gasteiger partial charge in [-0.25, -0.2) is 4.79 Å². The molecule has 0 fully saturated rings. The Balaban J connectivity index is 2.52. The van der Waals surface area contributed by atoms with Gasteiger partial charge in [-0.1, -0.05) is 0 Å². The molecule has 0 aromatic rings. The highest BCUT2D eigenvalue weighted by Gasteiger charge is 2.09. The summed E-state index contributed by atoms with van der Waals surface area (Å²) >= 11 is 5.15. The minimum absolute atomic E-state index is 0.221. The average molecular weight is 194 g/mol. The second kappa shape index (κ2) is 3.64. The van der Waals surface area contributed by atoms with Crippen molar-refractivity contribution in [2.24, 2.45) is 4.36 Å². The Morgan fingerprint density at radius 1 is 1.82 bits per heavy atom. The van der Waals surface area contributed by atoms with Gasteiger partial charge in [0.2, 0.25) is 0 Å². The molecule has 11 heavy (non-hydrogen) atoms. The van der Waals surface area contributed by atoms with Crippen LogP contribution in [-0.4, -0.2) is 17.8 Å². The van der Waals surface area contributed by atoms with Crippen LogP contribution in [0.1, 0.15) is 0 Å². The molecule has 0 aromatic heterocycles. The summed E-state index contributed by atoms with van der Waals surface area (Å²) in [5, 5.41) is 1.42. The second-order valence-electron chi connectivity index (χ2n) is 1.60. The fourth-order valence-corrected chi connectivity index (χ4v) is 1.42. The van der Waals surface area contributed by atoms with Crippen LogP contribution in [0.3, 0.4) is 0 Å². The Morgan fingerprint density at radius 2 is 2.55 bits per heavy atom. The minimum atomic E-state index is -1.03. The fraction of sp³-hybridized carbons (Fsp3) is 0.200. The van der Waals surface area contributed by atoms with Gasteiger partial charge in [0.1, 0.15) is 16.9 Å². The van der Waals surface area contributed by atoms with Crippen molar-refractivity contribution in [3.05, 3.63) is 11.5 Å². The Kier molecular flexibility index (Phi) is 2.78. The molecule has 1 aliphatic rings. The SMILES string of the molecule is O=C1C=CS(OC(=O)CCl)=N1. The first kappa shape index (κ1) is 8.42. The third-order valence-electron chi connectivity index (χ3n) is 0.794. The van der Waals surface area contributed by atoms with Gasteiger partial charge in [-0.2, -0.15) is 0 Å². The number of halogens is 1. The predicted octanol–water partition coefficient (Wildman–Crippen LogP) is 0.539. The van der Waals surface area contributed by atoms with Crippen LogP contribution in [0.5, 0.6) is 0 Å². The molecule has 1 unspecified atom stereocenters. The number of carbonyl (C=O) groups is 2. The molecule has 0 aliphatic carbocycles. The van der Waals surface area contributed by atoms with E-state index < -0.39 is 16.9 Å². The quantitative estimate of drug-likeness (QED) is 0.602. The summed E-state index contributed by atoms with van der Waals surface area (Å²) in [6, 6.07) is 0. The van der Waals surface area contributed by atoms with Crippen molar-refractivity contribution in [3.63, 3.8) is 0 Å². The van der Waals surface area contributed by atoms with E-state index in [2.05, 4.69) is 8.55 Å². The molecular formula is C5H4ClNO3S. The highest BCUT2D eigenvalue weighted by atomic mass is 35.5.